The third-order valence-electron chi connectivity index (χ3n) is 2.08. The van der Waals surface area contributed by atoms with Crippen molar-refractivity contribution in [3.8, 4) is 0 Å². The minimum atomic E-state index is -1.19. The van der Waals surface area contributed by atoms with Gasteiger partial charge in [-0.2, -0.15) is 0 Å². The Morgan fingerprint density at radius 2 is 2.11 bits per heavy atom. The minimum Gasteiger partial charge on any atom is -0.478 e. The lowest BCUT2D eigenvalue weighted by Crippen LogP contribution is -2.24. The summed E-state index contributed by atoms with van der Waals surface area (Å²) in [5, 5.41) is 10.8. The van der Waals surface area contributed by atoms with Gasteiger partial charge in [-0.05, 0) is 30.2 Å². The van der Waals surface area contributed by atoms with Crippen LogP contribution in [0.4, 0.5) is 4.39 Å². The van der Waals surface area contributed by atoms with Crippen LogP contribution in [0.2, 0.25) is 0 Å². The van der Waals surface area contributed by atoms with Crippen LogP contribution in [0.1, 0.15) is 5.56 Å². The average Bonchev–Trinajstić information content (AvgIpc) is 2.31. The standard InChI is InChI=1S/C12H11BrFNO3/c13-9-1-2-10(14)8(7-9)5-6-15-11(16)3-4-12(17)18/h1-4,7H,5-6H2,(H,15,16)(H,17,18)/b4-3+. The number of carboxylic acids is 1. The second-order valence-electron chi connectivity index (χ2n) is 3.45. The van der Waals surface area contributed by atoms with E-state index in [1.165, 1.54) is 6.07 Å². The lowest BCUT2D eigenvalue weighted by Gasteiger charge is -2.04. The summed E-state index contributed by atoms with van der Waals surface area (Å²) in [5.74, 6) is -2.05. The maximum atomic E-state index is 13.3. The van der Waals surface area contributed by atoms with E-state index in [-0.39, 0.29) is 12.4 Å². The molecule has 0 bridgehead atoms. The van der Waals surface area contributed by atoms with Crippen molar-refractivity contribution in [1.82, 2.24) is 5.32 Å². The average molecular weight is 316 g/mol. The van der Waals surface area contributed by atoms with Crippen molar-refractivity contribution in [2.75, 3.05) is 6.54 Å². The van der Waals surface area contributed by atoms with E-state index in [4.69, 9.17) is 5.11 Å². The maximum absolute atomic E-state index is 13.3. The number of carbonyl (C=O) groups excluding carboxylic acids is 1. The highest BCUT2D eigenvalue weighted by Crippen LogP contribution is 2.15. The summed E-state index contributed by atoms with van der Waals surface area (Å²) in [6.07, 6.45) is 1.99. The van der Waals surface area contributed by atoms with Crippen LogP contribution >= 0.6 is 15.9 Å². The molecule has 0 aliphatic carbocycles. The molecule has 1 amide bonds. The van der Waals surface area contributed by atoms with Gasteiger partial charge in [0, 0.05) is 23.2 Å². The Bertz CT molecular complexity index is 488. The number of hydrogen-bond donors (Lipinski definition) is 2. The first-order chi connectivity index (χ1) is 8.49. The Labute approximate surface area is 112 Å². The molecule has 0 aliphatic rings. The third-order valence-corrected chi connectivity index (χ3v) is 2.57. The predicted molar refractivity (Wildman–Crippen MR) is 67.6 cm³/mol. The van der Waals surface area contributed by atoms with Gasteiger partial charge in [-0.1, -0.05) is 15.9 Å². The van der Waals surface area contributed by atoms with Crippen LogP contribution in [0.5, 0.6) is 0 Å². The summed E-state index contributed by atoms with van der Waals surface area (Å²) in [7, 11) is 0. The fraction of sp³-hybridized carbons (Fsp3) is 0.167. The van der Waals surface area contributed by atoms with E-state index in [2.05, 4.69) is 21.2 Å². The Morgan fingerprint density at radius 1 is 1.39 bits per heavy atom. The number of hydrogen-bond acceptors (Lipinski definition) is 2. The highest BCUT2D eigenvalue weighted by Gasteiger charge is 2.03. The molecule has 1 aromatic rings. The van der Waals surface area contributed by atoms with Crippen LogP contribution in [0.15, 0.2) is 34.8 Å². The minimum absolute atomic E-state index is 0.232. The number of carboxylic acid groups (broad SMARTS) is 1. The van der Waals surface area contributed by atoms with Gasteiger partial charge >= 0.3 is 5.97 Å². The molecular weight excluding hydrogens is 305 g/mol. The summed E-state index contributed by atoms with van der Waals surface area (Å²) in [6, 6.07) is 4.56. The Balaban J connectivity index is 2.44. The first-order valence-corrected chi connectivity index (χ1v) is 5.91. The monoisotopic (exact) mass is 315 g/mol. The highest BCUT2D eigenvalue weighted by molar-refractivity contribution is 9.10. The van der Waals surface area contributed by atoms with Gasteiger partial charge in [0.15, 0.2) is 0 Å². The Morgan fingerprint density at radius 3 is 2.78 bits per heavy atom. The second-order valence-corrected chi connectivity index (χ2v) is 4.36. The number of carbonyl (C=O) groups is 2. The summed E-state index contributed by atoms with van der Waals surface area (Å²) < 4.78 is 14.1. The summed E-state index contributed by atoms with van der Waals surface area (Å²) in [5.41, 5.74) is 0.479. The molecular formula is C12H11BrFNO3. The van der Waals surface area contributed by atoms with Crippen molar-refractivity contribution >= 4 is 27.8 Å². The molecule has 0 unspecified atom stereocenters. The van der Waals surface area contributed by atoms with Crippen LogP contribution in [0.25, 0.3) is 0 Å². The van der Waals surface area contributed by atoms with Gasteiger partial charge in [0.25, 0.3) is 0 Å². The number of amides is 1. The molecule has 0 spiro atoms. The maximum Gasteiger partial charge on any atom is 0.328 e. The zero-order valence-electron chi connectivity index (χ0n) is 9.32. The van der Waals surface area contributed by atoms with Crippen LogP contribution in [-0.2, 0) is 16.0 Å². The van der Waals surface area contributed by atoms with E-state index in [1.54, 1.807) is 12.1 Å². The topological polar surface area (TPSA) is 66.4 Å². The lowest BCUT2D eigenvalue weighted by molar-refractivity contribution is -0.131. The lowest BCUT2D eigenvalue weighted by atomic mass is 10.1. The summed E-state index contributed by atoms with van der Waals surface area (Å²) in [6.45, 7) is 0.232. The van der Waals surface area contributed by atoms with Gasteiger partial charge in [0.2, 0.25) is 5.91 Å². The molecule has 0 saturated carbocycles. The van der Waals surface area contributed by atoms with Crippen LogP contribution < -0.4 is 5.32 Å². The van der Waals surface area contributed by atoms with Gasteiger partial charge in [0.1, 0.15) is 5.82 Å². The van der Waals surface area contributed by atoms with Gasteiger partial charge in [-0.15, -0.1) is 0 Å². The van der Waals surface area contributed by atoms with Crippen LogP contribution in [0, 0.1) is 5.82 Å². The van der Waals surface area contributed by atoms with Crippen molar-refractivity contribution in [3.63, 3.8) is 0 Å². The van der Waals surface area contributed by atoms with E-state index in [0.29, 0.717) is 12.0 Å². The van der Waals surface area contributed by atoms with Crippen molar-refractivity contribution in [2.24, 2.45) is 0 Å². The number of aliphatic carboxylic acids is 1. The van der Waals surface area contributed by atoms with Gasteiger partial charge < -0.3 is 10.4 Å². The molecule has 0 aliphatic heterocycles. The molecule has 1 rings (SSSR count). The van der Waals surface area contributed by atoms with Crippen molar-refractivity contribution in [1.29, 1.82) is 0 Å². The fourth-order valence-corrected chi connectivity index (χ4v) is 1.67. The SMILES string of the molecule is O=C(O)/C=C/C(=O)NCCc1cc(Br)ccc1F. The number of benzene rings is 1. The van der Waals surface area contributed by atoms with Crippen LogP contribution in [-0.4, -0.2) is 23.5 Å². The third kappa shape index (κ3) is 5.09. The van der Waals surface area contributed by atoms with Crippen LogP contribution in [0.3, 0.4) is 0 Å². The largest absolute Gasteiger partial charge is 0.478 e. The Hall–Kier alpha value is -1.69. The summed E-state index contributed by atoms with van der Waals surface area (Å²) in [4.78, 5) is 21.3. The first-order valence-electron chi connectivity index (χ1n) is 5.12. The molecule has 0 fully saturated rings. The van der Waals surface area contributed by atoms with Crippen molar-refractivity contribution < 1.29 is 19.1 Å². The van der Waals surface area contributed by atoms with E-state index in [0.717, 1.165) is 16.6 Å². The van der Waals surface area contributed by atoms with E-state index >= 15 is 0 Å². The first kappa shape index (κ1) is 14.4. The normalized spacial score (nSPS) is 10.6. The molecule has 96 valence electrons. The number of halogens is 2. The van der Waals surface area contributed by atoms with Gasteiger partial charge in [-0.25, -0.2) is 9.18 Å². The molecule has 0 heterocycles. The molecule has 0 radical (unpaired) electrons. The predicted octanol–water partition coefficient (Wildman–Crippen LogP) is 1.89. The van der Waals surface area contributed by atoms with Crippen molar-refractivity contribution in [2.45, 2.75) is 6.42 Å². The number of rotatable bonds is 5. The Kier molecular flexibility index (Phi) is 5.51. The van der Waals surface area contributed by atoms with Crippen molar-refractivity contribution in [3.05, 3.63) is 46.2 Å². The molecule has 0 atom stereocenters. The zero-order valence-corrected chi connectivity index (χ0v) is 10.9. The second kappa shape index (κ2) is 6.90. The molecule has 4 nitrogen and oxygen atoms in total. The molecule has 6 heteroatoms. The molecule has 0 saturated heterocycles. The quantitative estimate of drug-likeness (QED) is 0.815. The molecule has 0 aromatic heterocycles. The molecule has 2 N–H and O–H groups in total. The number of nitrogens with one attached hydrogen (secondary N) is 1. The van der Waals surface area contributed by atoms with Gasteiger partial charge in [-0.3, -0.25) is 4.79 Å². The zero-order chi connectivity index (χ0) is 13.5. The molecule has 1 aromatic carbocycles. The highest BCUT2D eigenvalue weighted by atomic mass is 79.9. The smallest absolute Gasteiger partial charge is 0.328 e. The fourth-order valence-electron chi connectivity index (χ4n) is 1.26. The van der Waals surface area contributed by atoms with E-state index in [1.807, 2.05) is 0 Å². The summed E-state index contributed by atoms with van der Waals surface area (Å²) >= 11 is 3.23. The molecule has 18 heavy (non-hydrogen) atoms. The van der Waals surface area contributed by atoms with E-state index in [9.17, 15) is 14.0 Å². The van der Waals surface area contributed by atoms with E-state index < -0.39 is 11.9 Å². The van der Waals surface area contributed by atoms with Gasteiger partial charge in [0.05, 0.1) is 0 Å².